The third-order valence-corrected chi connectivity index (χ3v) is 3.06. The molecule has 0 aliphatic rings. The molecule has 1 aromatic heterocycles. The predicted molar refractivity (Wildman–Crippen MR) is 70.2 cm³/mol. The number of benzene rings is 1. The van der Waals surface area contributed by atoms with Gasteiger partial charge in [-0.1, -0.05) is 23.2 Å². The number of hydrazine groups is 1. The average Bonchev–Trinajstić information content (AvgIpc) is 2.35. The number of pyridine rings is 1. The summed E-state index contributed by atoms with van der Waals surface area (Å²) in [6.45, 7) is 0.303. The van der Waals surface area contributed by atoms with E-state index in [-0.39, 0.29) is 10.0 Å². The van der Waals surface area contributed by atoms with Crippen LogP contribution in [0, 0.1) is 5.82 Å². The Hall–Kier alpha value is -1.14. The number of ether oxygens (including phenoxy) is 1. The quantitative estimate of drug-likeness (QED) is 0.518. The van der Waals surface area contributed by atoms with Crippen molar-refractivity contribution in [3.8, 4) is 0 Å². The van der Waals surface area contributed by atoms with Gasteiger partial charge in [-0.25, -0.2) is 4.39 Å². The molecule has 7 heteroatoms. The first-order chi connectivity index (χ1) is 8.58. The van der Waals surface area contributed by atoms with Crippen molar-refractivity contribution in [1.29, 1.82) is 0 Å². The van der Waals surface area contributed by atoms with E-state index in [4.69, 9.17) is 33.8 Å². The molecule has 0 aliphatic carbocycles. The first-order valence-electron chi connectivity index (χ1n) is 5.01. The number of nitrogen functional groups attached to an aromatic ring is 1. The first-order valence-corrected chi connectivity index (χ1v) is 5.76. The molecule has 0 spiro atoms. The molecule has 0 saturated carbocycles. The van der Waals surface area contributed by atoms with Crippen LogP contribution in [0.4, 0.5) is 10.1 Å². The highest BCUT2D eigenvalue weighted by Gasteiger charge is 2.15. The molecule has 0 bridgehead atoms. The van der Waals surface area contributed by atoms with E-state index in [9.17, 15) is 4.39 Å². The van der Waals surface area contributed by atoms with E-state index in [0.717, 1.165) is 0 Å². The van der Waals surface area contributed by atoms with Crippen LogP contribution < -0.4 is 11.3 Å². The molecule has 0 radical (unpaired) electrons. The smallest absolute Gasteiger partial charge is 0.161 e. The largest absolute Gasteiger partial charge is 0.378 e. The number of halogens is 3. The number of rotatable bonds is 3. The molecule has 0 atom stereocenters. The maximum Gasteiger partial charge on any atom is 0.161 e. The maximum absolute atomic E-state index is 13.6. The van der Waals surface area contributed by atoms with Gasteiger partial charge in [0.05, 0.1) is 33.6 Å². The van der Waals surface area contributed by atoms with Crippen molar-refractivity contribution in [1.82, 2.24) is 4.98 Å². The standard InChI is InChI=1S/C11H10Cl2FN3O/c1-18-4-5-2-8(17-15)9-7(16-5)3-6(12)11(14)10(9)13/h2-3H,4,15H2,1H3,(H,16,17). The number of hydrogen-bond acceptors (Lipinski definition) is 4. The van der Waals surface area contributed by atoms with E-state index in [1.54, 1.807) is 13.2 Å². The first kappa shape index (κ1) is 13.3. The minimum absolute atomic E-state index is 0.0856. The number of aromatic nitrogens is 1. The van der Waals surface area contributed by atoms with Crippen LogP contribution in [0.25, 0.3) is 10.9 Å². The molecule has 0 unspecified atom stereocenters. The fourth-order valence-corrected chi connectivity index (χ4v) is 2.24. The zero-order valence-corrected chi connectivity index (χ0v) is 10.9. The van der Waals surface area contributed by atoms with Gasteiger partial charge in [0.2, 0.25) is 0 Å². The number of fused-ring (bicyclic) bond motifs is 1. The number of nitrogens with zero attached hydrogens (tertiary/aromatic N) is 1. The van der Waals surface area contributed by atoms with Crippen molar-refractivity contribution in [2.24, 2.45) is 5.84 Å². The molecule has 0 fully saturated rings. The summed E-state index contributed by atoms with van der Waals surface area (Å²) in [5.41, 5.74) is 4.02. The summed E-state index contributed by atoms with van der Waals surface area (Å²) >= 11 is 11.7. The Labute approximate surface area is 113 Å². The molecule has 2 rings (SSSR count). The Morgan fingerprint density at radius 1 is 1.44 bits per heavy atom. The zero-order valence-electron chi connectivity index (χ0n) is 9.43. The number of methoxy groups -OCH3 is 1. The Morgan fingerprint density at radius 3 is 2.78 bits per heavy atom. The van der Waals surface area contributed by atoms with Crippen molar-refractivity contribution in [3.05, 3.63) is 33.7 Å². The van der Waals surface area contributed by atoms with Crippen molar-refractivity contribution in [2.75, 3.05) is 12.5 Å². The lowest BCUT2D eigenvalue weighted by molar-refractivity contribution is 0.182. The second-order valence-electron chi connectivity index (χ2n) is 3.62. The molecule has 4 nitrogen and oxygen atoms in total. The Balaban J connectivity index is 2.79. The Bertz CT molecular complexity index is 607. The van der Waals surface area contributed by atoms with Crippen LogP contribution in [0.3, 0.4) is 0 Å². The van der Waals surface area contributed by atoms with Crippen LogP contribution in [-0.2, 0) is 11.3 Å². The van der Waals surface area contributed by atoms with Crippen molar-refractivity contribution in [3.63, 3.8) is 0 Å². The lowest BCUT2D eigenvalue weighted by Gasteiger charge is -2.11. The van der Waals surface area contributed by atoms with Crippen LogP contribution in [0.15, 0.2) is 12.1 Å². The minimum Gasteiger partial charge on any atom is -0.378 e. The van der Waals surface area contributed by atoms with Crippen LogP contribution in [-0.4, -0.2) is 12.1 Å². The third kappa shape index (κ3) is 2.22. The summed E-state index contributed by atoms with van der Waals surface area (Å²) in [6, 6.07) is 3.04. The molecule has 3 N–H and O–H groups in total. The zero-order chi connectivity index (χ0) is 13.3. The molecule has 1 aromatic carbocycles. The van der Waals surface area contributed by atoms with Crippen LogP contribution >= 0.6 is 23.2 Å². The average molecular weight is 290 g/mol. The molecule has 2 aromatic rings. The lowest BCUT2D eigenvalue weighted by atomic mass is 10.1. The second-order valence-corrected chi connectivity index (χ2v) is 4.40. The van der Waals surface area contributed by atoms with E-state index in [1.807, 2.05) is 0 Å². The number of hydrogen-bond donors (Lipinski definition) is 2. The topological polar surface area (TPSA) is 60.2 Å². The van der Waals surface area contributed by atoms with E-state index in [2.05, 4.69) is 10.4 Å². The van der Waals surface area contributed by atoms with Gasteiger partial charge in [-0.15, -0.1) is 0 Å². The summed E-state index contributed by atoms with van der Waals surface area (Å²) in [5, 5.41) is 0.195. The summed E-state index contributed by atoms with van der Waals surface area (Å²) in [5.74, 6) is 4.71. The molecule has 0 saturated heterocycles. The van der Waals surface area contributed by atoms with E-state index in [0.29, 0.717) is 28.9 Å². The third-order valence-electron chi connectivity index (χ3n) is 2.43. The summed E-state index contributed by atoms with van der Waals surface area (Å²) in [6.07, 6.45) is 0. The normalized spacial score (nSPS) is 10.9. The second kappa shape index (κ2) is 5.24. The lowest BCUT2D eigenvalue weighted by Crippen LogP contribution is -2.09. The predicted octanol–water partition coefficient (Wildman–Crippen LogP) is 3.11. The maximum atomic E-state index is 13.6. The highest BCUT2D eigenvalue weighted by Crippen LogP contribution is 2.35. The molecular weight excluding hydrogens is 280 g/mol. The molecular formula is C11H10Cl2FN3O. The van der Waals surface area contributed by atoms with Gasteiger partial charge in [-0.05, 0) is 12.1 Å². The molecule has 0 amide bonds. The van der Waals surface area contributed by atoms with E-state index < -0.39 is 5.82 Å². The summed E-state index contributed by atoms with van der Waals surface area (Å²) in [7, 11) is 1.55. The van der Waals surface area contributed by atoms with Crippen molar-refractivity contribution in [2.45, 2.75) is 6.61 Å². The SMILES string of the molecule is COCc1cc(NN)c2c(Cl)c(F)c(Cl)cc2n1. The highest BCUT2D eigenvalue weighted by molar-refractivity contribution is 6.39. The van der Waals surface area contributed by atoms with Crippen molar-refractivity contribution >= 4 is 39.8 Å². The Morgan fingerprint density at radius 2 is 2.17 bits per heavy atom. The molecule has 96 valence electrons. The highest BCUT2D eigenvalue weighted by atomic mass is 35.5. The monoisotopic (exact) mass is 289 g/mol. The minimum atomic E-state index is -0.691. The summed E-state index contributed by atoms with van der Waals surface area (Å²) < 4.78 is 18.6. The van der Waals surface area contributed by atoms with Gasteiger partial charge in [-0.2, -0.15) is 0 Å². The van der Waals surface area contributed by atoms with Crippen LogP contribution in [0.5, 0.6) is 0 Å². The fraction of sp³-hybridized carbons (Fsp3) is 0.182. The van der Waals surface area contributed by atoms with Gasteiger partial charge < -0.3 is 10.2 Å². The van der Waals surface area contributed by atoms with Gasteiger partial charge in [0, 0.05) is 12.5 Å². The molecule has 1 heterocycles. The van der Waals surface area contributed by atoms with E-state index >= 15 is 0 Å². The van der Waals surface area contributed by atoms with Crippen LogP contribution in [0.2, 0.25) is 10.0 Å². The van der Waals surface area contributed by atoms with E-state index in [1.165, 1.54) is 6.07 Å². The van der Waals surface area contributed by atoms with Crippen molar-refractivity contribution < 1.29 is 9.13 Å². The van der Waals surface area contributed by atoms with Crippen LogP contribution in [0.1, 0.15) is 5.69 Å². The van der Waals surface area contributed by atoms with Gasteiger partial charge in [0.25, 0.3) is 0 Å². The van der Waals surface area contributed by atoms with Gasteiger partial charge in [0.15, 0.2) is 5.82 Å². The number of anilines is 1. The molecule has 18 heavy (non-hydrogen) atoms. The number of nitrogens with two attached hydrogens (primary N) is 1. The Kier molecular flexibility index (Phi) is 3.87. The van der Waals surface area contributed by atoms with Gasteiger partial charge in [-0.3, -0.25) is 10.8 Å². The van der Waals surface area contributed by atoms with Gasteiger partial charge in [0.1, 0.15) is 0 Å². The van der Waals surface area contributed by atoms with Gasteiger partial charge >= 0.3 is 0 Å². The fourth-order valence-electron chi connectivity index (χ4n) is 1.69. The number of nitrogens with one attached hydrogen (secondary N) is 1. The summed E-state index contributed by atoms with van der Waals surface area (Å²) in [4.78, 5) is 4.28. The molecule has 0 aliphatic heterocycles.